The number of piperidine rings is 1. The number of amides is 1. The number of benzene rings is 2. The minimum absolute atomic E-state index is 0.159. The largest absolute Gasteiger partial charge is 0.339 e. The Morgan fingerprint density at radius 3 is 2.38 bits per heavy atom. The third kappa shape index (κ3) is 4.40. The standard InChI is InChI=1S/C20H24N2OS/c1-21-18-11-13-22(14-12-18)20(23)17-9-7-16(8-10-17)15-24-19-5-3-2-4-6-19/h2-10,18,21H,11-15H2,1H3. The SMILES string of the molecule is CNC1CCN(C(=O)c2ccc(CSc3ccccc3)cc2)CC1. The maximum Gasteiger partial charge on any atom is 0.253 e. The van der Waals surface area contributed by atoms with Crippen molar-refractivity contribution < 1.29 is 4.79 Å². The van der Waals surface area contributed by atoms with E-state index >= 15 is 0 Å². The number of nitrogens with one attached hydrogen (secondary N) is 1. The fourth-order valence-corrected chi connectivity index (χ4v) is 3.86. The highest BCUT2D eigenvalue weighted by Gasteiger charge is 2.22. The van der Waals surface area contributed by atoms with Crippen molar-refractivity contribution in [3.63, 3.8) is 0 Å². The van der Waals surface area contributed by atoms with E-state index in [1.165, 1.54) is 10.5 Å². The molecule has 0 spiro atoms. The van der Waals surface area contributed by atoms with E-state index in [1.54, 1.807) is 0 Å². The molecule has 0 aliphatic carbocycles. The molecule has 3 nitrogen and oxygen atoms in total. The number of carbonyl (C=O) groups excluding carboxylic acids is 1. The van der Waals surface area contributed by atoms with Gasteiger partial charge in [-0.1, -0.05) is 30.3 Å². The Balaban J connectivity index is 1.55. The first-order valence-electron chi connectivity index (χ1n) is 8.49. The Bertz CT molecular complexity index is 649. The van der Waals surface area contributed by atoms with Crippen LogP contribution in [0.1, 0.15) is 28.8 Å². The highest BCUT2D eigenvalue weighted by atomic mass is 32.2. The maximum absolute atomic E-state index is 12.6. The second kappa shape index (κ2) is 8.36. The minimum Gasteiger partial charge on any atom is -0.339 e. The lowest BCUT2D eigenvalue weighted by atomic mass is 10.0. The van der Waals surface area contributed by atoms with E-state index in [1.807, 2.05) is 41.9 Å². The number of rotatable bonds is 5. The smallest absolute Gasteiger partial charge is 0.253 e. The van der Waals surface area contributed by atoms with Gasteiger partial charge in [-0.3, -0.25) is 4.79 Å². The summed E-state index contributed by atoms with van der Waals surface area (Å²) in [4.78, 5) is 15.8. The summed E-state index contributed by atoms with van der Waals surface area (Å²) in [5.74, 6) is 1.08. The predicted octanol–water partition coefficient (Wildman–Crippen LogP) is 3.80. The van der Waals surface area contributed by atoms with Crippen LogP contribution in [-0.2, 0) is 5.75 Å². The molecule has 2 aromatic rings. The first-order valence-corrected chi connectivity index (χ1v) is 9.48. The van der Waals surface area contributed by atoms with Crippen LogP contribution >= 0.6 is 11.8 Å². The van der Waals surface area contributed by atoms with Gasteiger partial charge in [-0.05, 0) is 49.7 Å². The van der Waals surface area contributed by atoms with E-state index in [-0.39, 0.29) is 5.91 Å². The molecule has 3 rings (SSSR count). The van der Waals surface area contributed by atoms with Gasteiger partial charge >= 0.3 is 0 Å². The maximum atomic E-state index is 12.6. The summed E-state index contributed by atoms with van der Waals surface area (Å²) < 4.78 is 0. The molecule has 0 aromatic heterocycles. The number of likely N-dealkylation sites (tertiary alicyclic amines) is 1. The molecule has 0 bridgehead atoms. The molecule has 1 amide bonds. The Morgan fingerprint density at radius 1 is 1.08 bits per heavy atom. The van der Waals surface area contributed by atoms with Gasteiger partial charge in [0.05, 0.1) is 0 Å². The zero-order valence-electron chi connectivity index (χ0n) is 14.1. The van der Waals surface area contributed by atoms with Gasteiger partial charge in [-0.2, -0.15) is 0 Å². The van der Waals surface area contributed by atoms with Crippen LogP contribution in [-0.4, -0.2) is 37.0 Å². The van der Waals surface area contributed by atoms with Crippen LogP contribution in [0.3, 0.4) is 0 Å². The van der Waals surface area contributed by atoms with Gasteiger partial charge in [0.2, 0.25) is 0 Å². The molecule has 1 N–H and O–H groups in total. The van der Waals surface area contributed by atoms with Crippen molar-refractivity contribution in [2.75, 3.05) is 20.1 Å². The van der Waals surface area contributed by atoms with Gasteiger partial charge in [-0.15, -0.1) is 11.8 Å². The van der Waals surface area contributed by atoms with E-state index in [0.29, 0.717) is 6.04 Å². The lowest BCUT2D eigenvalue weighted by Gasteiger charge is -2.31. The molecule has 126 valence electrons. The molecule has 24 heavy (non-hydrogen) atoms. The summed E-state index contributed by atoms with van der Waals surface area (Å²) in [6.07, 6.45) is 2.07. The quantitative estimate of drug-likeness (QED) is 0.840. The van der Waals surface area contributed by atoms with Crippen molar-refractivity contribution in [1.82, 2.24) is 10.2 Å². The number of hydrogen-bond donors (Lipinski definition) is 1. The number of hydrogen-bond acceptors (Lipinski definition) is 3. The van der Waals surface area contributed by atoms with E-state index in [2.05, 4.69) is 41.7 Å². The third-order valence-corrected chi connectivity index (χ3v) is 5.62. The van der Waals surface area contributed by atoms with Crippen LogP contribution in [0.4, 0.5) is 0 Å². The Labute approximate surface area is 148 Å². The molecule has 0 radical (unpaired) electrons. The molecule has 4 heteroatoms. The summed E-state index contributed by atoms with van der Waals surface area (Å²) in [6.45, 7) is 1.69. The molecule has 1 fully saturated rings. The van der Waals surface area contributed by atoms with Crippen molar-refractivity contribution in [3.05, 3.63) is 65.7 Å². The normalized spacial score (nSPS) is 15.5. The Kier molecular flexibility index (Phi) is 5.94. The number of nitrogens with zero attached hydrogens (tertiary/aromatic N) is 1. The van der Waals surface area contributed by atoms with E-state index in [4.69, 9.17) is 0 Å². The highest BCUT2D eigenvalue weighted by Crippen LogP contribution is 2.23. The zero-order valence-corrected chi connectivity index (χ0v) is 14.9. The second-order valence-corrected chi connectivity index (χ2v) is 7.20. The average Bonchev–Trinajstić information content (AvgIpc) is 2.67. The van der Waals surface area contributed by atoms with Crippen LogP contribution in [0.5, 0.6) is 0 Å². The summed E-state index contributed by atoms with van der Waals surface area (Å²) in [7, 11) is 1.99. The zero-order chi connectivity index (χ0) is 16.8. The van der Waals surface area contributed by atoms with Crippen LogP contribution in [0.25, 0.3) is 0 Å². The van der Waals surface area contributed by atoms with Gasteiger partial charge in [0.25, 0.3) is 5.91 Å². The van der Waals surface area contributed by atoms with Crippen LogP contribution in [0.2, 0.25) is 0 Å². The molecular weight excluding hydrogens is 316 g/mol. The fraction of sp³-hybridized carbons (Fsp3) is 0.350. The molecule has 2 aromatic carbocycles. The summed E-state index contributed by atoms with van der Waals surface area (Å²) in [5.41, 5.74) is 2.04. The Hall–Kier alpha value is -1.78. The topological polar surface area (TPSA) is 32.3 Å². The highest BCUT2D eigenvalue weighted by molar-refractivity contribution is 7.98. The monoisotopic (exact) mass is 340 g/mol. The average molecular weight is 340 g/mol. The lowest BCUT2D eigenvalue weighted by molar-refractivity contribution is 0.0707. The molecule has 1 aliphatic heterocycles. The molecule has 1 aliphatic rings. The van der Waals surface area contributed by atoms with E-state index in [9.17, 15) is 4.79 Å². The molecule has 0 unspecified atom stereocenters. The van der Waals surface area contributed by atoms with Crippen LogP contribution in [0.15, 0.2) is 59.5 Å². The van der Waals surface area contributed by atoms with Crippen molar-refractivity contribution in [2.45, 2.75) is 29.5 Å². The fourth-order valence-electron chi connectivity index (χ4n) is 2.98. The van der Waals surface area contributed by atoms with Gasteiger partial charge in [-0.25, -0.2) is 0 Å². The first kappa shape index (κ1) is 17.1. The molecular formula is C20H24N2OS. The minimum atomic E-state index is 0.159. The molecule has 1 saturated heterocycles. The number of thioether (sulfide) groups is 1. The van der Waals surface area contributed by atoms with Crippen molar-refractivity contribution >= 4 is 17.7 Å². The second-order valence-electron chi connectivity index (χ2n) is 6.15. The van der Waals surface area contributed by atoms with Gasteiger partial charge < -0.3 is 10.2 Å². The van der Waals surface area contributed by atoms with Crippen molar-refractivity contribution in [2.24, 2.45) is 0 Å². The molecule has 0 atom stereocenters. The van der Waals surface area contributed by atoms with E-state index < -0.39 is 0 Å². The van der Waals surface area contributed by atoms with E-state index in [0.717, 1.165) is 37.2 Å². The molecule has 1 heterocycles. The third-order valence-electron chi connectivity index (χ3n) is 4.54. The first-order chi connectivity index (χ1) is 11.8. The Morgan fingerprint density at radius 2 is 1.75 bits per heavy atom. The lowest BCUT2D eigenvalue weighted by Crippen LogP contribution is -2.43. The summed E-state index contributed by atoms with van der Waals surface area (Å²) >= 11 is 1.82. The summed E-state index contributed by atoms with van der Waals surface area (Å²) in [5, 5.41) is 3.30. The van der Waals surface area contributed by atoms with Crippen molar-refractivity contribution in [3.8, 4) is 0 Å². The van der Waals surface area contributed by atoms with Gasteiger partial charge in [0, 0.05) is 35.3 Å². The molecule has 0 saturated carbocycles. The van der Waals surface area contributed by atoms with Crippen molar-refractivity contribution in [1.29, 1.82) is 0 Å². The van der Waals surface area contributed by atoms with Gasteiger partial charge in [0.1, 0.15) is 0 Å². The van der Waals surface area contributed by atoms with Crippen LogP contribution < -0.4 is 5.32 Å². The van der Waals surface area contributed by atoms with Crippen LogP contribution in [0, 0.1) is 0 Å². The predicted molar refractivity (Wildman–Crippen MR) is 100 cm³/mol. The summed E-state index contributed by atoms with van der Waals surface area (Å²) in [6, 6.07) is 19.0. The van der Waals surface area contributed by atoms with Gasteiger partial charge in [0.15, 0.2) is 0 Å². The number of carbonyl (C=O) groups is 1.